The number of esters is 1. The molecule has 0 saturated carbocycles. The first-order valence-corrected chi connectivity index (χ1v) is 11.3. The van der Waals surface area contributed by atoms with Gasteiger partial charge in [-0.3, -0.25) is 4.79 Å². The summed E-state index contributed by atoms with van der Waals surface area (Å²) in [5, 5.41) is 2.11. The van der Waals surface area contributed by atoms with E-state index in [1.54, 1.807) is 33.5 Å². The summed E-state index contributed by atoms with van der Waals surface area (Å²) in [5.74, 6) is 2.07. The Morgan fingerprint density at radius 3 is 1.86 bits per heavy atom. The lowest BCUT2D eigenvalue weighted by molar-refractivity contribution is -0.135. The molecule has 0 saturated heterocycles. The van der Waals surface area contributed by atoms with Crippen molar-refractivity contribution < 1.29 is 23.7 Å². The van der Waals surface area contributed by atoms with Crippen LogP contribution in [0.25, 0.3) is 22.9 Å². The molecular weight excluding hydrogens is 440 g/mol. The van der Waals surface area contributed by atoms with Gasteiger partial charge in [0.05, 0.1) is 27.2 Å². The standard InChI is InChI=1S/C30H28O5/c1-20(23-9-10-25-18-27(32-2)14-11-24(25)17-23)30(31)35-26-12-7-21(8-13-26)5-6-22-15-28(33-3)19-29(16-22)34-4/h5-20H,1-4H3/b6-5+/t20-/m0/s1. The van der Waals surface area contributed by atoms with E-state index >= 15 is 0 Å². The summed E-state index contributed by atoms with van der Waals surface area (Å²) in [4.78, 5) is 12.8. The summed E-state index contributed by atoms with van der Waals surface area (Å²) in [6.07, 6.45) is 3.95. The number of hydrogen-bond acceptors (Lipinski definition) is 5. The van der Waals surface area contributed by atoms with E-state index in [4.69, 9.17) is 18.9 Å². The highest BCUT2D eigenvalue weighted by Crippen LogP contribution is 2.27. The van der Waals surface area contributed by atoms with Gasteiger partial charge in [-0.2, -0.15) is 0 Å². The van der Waals surface area contributed by atoms with E-state index in [0.717, 1.165) is 44.7 Å². The number of carbonyl (C=O) groups is 1. The molecule has 35 heavy (non-hydrogen) atoms. The third-order valence-corrected chi connectivity index (χ3v) is 5.87. The lowest BCUT2D eigenvalue weighted by Gasteiger charge is -2.13. The van der Waals surface area contributed by atoms with Gasteiger partial charge in [0.1, 0.15) is 23.0 Å². The Morgan fingerprint density at radius 2 is 1.20 bits per heavy atom. The summed E-state index contributed by atoms with van der Waals surface area (Å²) >= 11 is 0. The zero-order valence-electron chi connectivity index (χ0n) is 20.3. The predicted octanol–water partition coefficient (Wildman–Crippen LogP) is 6.75. The Kier molecular flexibility index (Phi) is 7.36. The molecule has 0 bridgehead atoms. The van der Waals surface area contributed by atoms with Crippen LogP contribution >= 0.6 is 0 Å². The minimum Gasteiger partial charge on any atom is -0.497 e. The molecular formula is C30H28O5. The van der Waals surface area contributed by atoms with E-state index in [1.807, 2.05) is 85.8 Å². The Balaban J connectivity index is 1.42. The van der Waals surface area contributed by atoms with Crippen LogP contribution in [0.15, 0.2) is 78.9 Å². The van der Waals surface area contributed by atoms with E-state index in [-0.39, 0.29) is 5.97 Å². The molecule has 4 rings (SSSR count). The Morgan fingerprint density at radius 1 is 0.629 bits per heavy atom. The third-order valence-electron chi connectivity index (χ3n) is 5.87. The Hall–Kier alpha value is -4.25. The quantitative estimate of drug-likeness (QED) is 0.163. The highest BCUT2D eigenvalue weighted by Gasteiger charge is 2.18. The highest BCUT2D eigenvalue weighted by molar-refractivity contribution is 5.87. The van der Waals surface area contributed by atoms with Crippen LogP contribution in [0.5, 0.6) is 23.0 Å². The molecule has 0 aliphatic heterocycles. The van der Waals surface area contributed by atoms with Crippen molar-refractivity contribution in [1.29, 1.82) is 0 Å². The van der Waals surface area contributed by atoms with Gasteiger partial charge in [-0.15, -0.1) is 0 Å². The number of fused-ring (bicyclic) bond motifs is 1. The molecule has 0 amide bonds. The van der Waals surface area contributed by atoms with E-state index in [2.05, 4.69) is 0 Å². The molecule has 0 aliphatic carbocycles. The van der Waals surface area contributed by atoms with Gasteiger partial charge in [0, 0.05) is 6.07 Å². The molecule has 0 aromatic heterocycles. The lowest BCUT2D eigenvalue weighted by atomic mass is 9.98. The second kappa shape index (κ2) is 10.8. The van der Waals surface area contributed by atoms with Crippen LogP contribution in [0, 0.1) is 0 Å². The molecule has 178 valence electrons. The molecule has 4 aromatic carbocycles. The van der Waals surface area contributed by atoms with Crippen molar-refractivity contribution in [3.05, 3.63) is 95.6 Å². The number of hydrogen-bond donors (Lipinski definition) is 0. The Bertz CT molecular complexity index is 1330. The molecule has 0 aliphatic rings. The van der Waals surface area contributed by atoms with Crippen molar-refractivity contribution in [2.45, 2.75) is 12.8 Å². The van der Waals surface area contributed by atoms with Crippen molar-refractivity contribution in [3.8, 4) is 23.0 Å². The van der Waals surface area contributed by atoms with Gasteiger partial charge in [0.25, 0.3) is 0 Å². The normalized spacial score (nSPS) is 11.9. The molecule has 1 atom stereocenters. The van der Waals surface area contributed by atoms with E-state index in [1.165, 1.54) is 0 Å². The molecule has 0 radical (unpaired) electrons. The van der Waals surface area contributed by atoms with Crippen molar-refractivity contribution in [2.24, 2.45) is 0 Å². The molecule has 0 heterocycles. The van der Waals surface area contributed by atoms with Crippen molar-refractivity contribution in [2.75, 3.05) is 21.3 Å². The van der Waals surface area contributed by atoms with Gasteiger partial charge in [0.15, 0.2) is 0 Å². The van der Waals surface area contributed by atoms with Crippen LogP contribution in [-0.4, -0.2) is 27.3 Å². The van der Waals surface area contributed by atoms with Gasteiger partial charge in [-0.05, 0) is 70.8 Å². The van der Waals surface area contributed by atoms with Crippen LogP contribution < -0.4 is 18.9 Å². The summed E-state index contributed by atoms with van der Waals surface area (Å²) in [7, 11) is 4.90. The average molecular weight is 469 g/mol. The van der Waals surface area contributed by atoms with Gasteiger partial charge in [-0.25, -0.2) is 0 Å². The van der Waals surface area contributed by atoms with Crippen LogP contribution in [0.3, 0.4) is 0 Å². The summed E-state index contributed by atoms with van der Waals surface area (Å²) in [5.41, 5.74) is 2.84. The lowest BCUT2D eigenvalue weighted by Crippen LogP contribution is -2.16. The average Bonchev–Trinajstić information content (AvgIpc) is 2.91. The SMILES string of the molecule is COc1cc(/C=C/c2ccc(OC(=O)[C@@H](C)c3ccc4cc(OC)ccc4c3)cc2)cc(OC)c1. The van der Waals surface area contributed by atoms with Gasteiger partial charge < -0.3 is 18.9 Å². The first kappa shape index (κ1) is 23.9. The maximum Gasteiger partial charge on any atom is 0.318 e. The molecule has 5 nitrogen and oxygen atoms in total. The highest BCUT2D eigenvalue weighted by atomic mass is 16.5. The third kappa shape index (κ3) is 5.82. The molecule has 0 fully saturated rings. The number of ether oxygens (including phenoxy) is 4. The van der Waals surface area contributed by atoms with Gasteiger partial charge in [0.2, 0.25) is 0 Å². The second-order valence-electron chi connectivity index (χ2n) is 8.16. The first-order valence-electron chi connectivity index (χ1n) is 11.3. The van der Waals surface area contributed by atoms with E-state index in [9.17, 15) is 4.79 Å². The first-order chi connectivity index (χ1) is 17.0. The fraction of sp³-hybridized carbons (Fsp3) is 0.167. The maximum absolute atomic E-state index is 12.8. The number of carbonyl (C=O) groups excluding carboxylic acids is 1. The summed E-state index contributed by atoms with van der Waals surface area (Å²) in [6.45, 7) is 1.85. The van der Waals surface area contributed by atoms with Crippen LogP contribution in [0.2, 0.25) is 0 Å². The summed E-state index contributed by atoms with van der Waals surface area (Å²) in [6, 6.07) is 24.9. The van der Waals surface area contributed by atoms with Crippen LogP contribution in [0.4, 0.5) is 0 Å². The topological polar surface area (TPSA) is 54.0 Å². The van der Waals surface area contributed by atoms with Crippen LogP contribution in [0.1, 0.15) is 29.5 Å². The summed E-state index contributed by atoms with van der Waals surface area (Å²) < 4.78 is 21.6. The van der Waals surface area contributed by atoms with Crippen LogP contribution in [-0.2, 0) is 4.79 Å². The fourth-order valence-electron chi connectivity index (χ4n) is 3.74. The molecule has 0 unspecified atom stereocenters. The number of rotatable bonds is 8. The Labute approximate surface area is 205 Å². The van der Waals surface area contributed by atoms with Gasteiger partial charge in [-0.1, -0.05) is 48.6 Å². The maximum atomic E-state index is 12.8. The zero-order valence-corrected chi connectivity index (χ0v) is 20.3. The van der Waals surface area contributed by atoms with Crippen molar-refractivity contribution in [1.82, 2.24) is 0 Å². The van der Waals surface area contributed by atoms with E-state index in [0.29, 0.717) is 5.75 Å². The second-order valence-corrected chi connectivity index (χ2v) is 8.16. The smallest absolute Gasteiger partial charge is 0.318 e. The van der Waals surface area contributed by atoms with Gasteiger partial charge >= 0.3 is 5.97 Å². The van der Waals surface area contributed by atoms with Crippen molar-refractivity contribution >= 4 is 28.9 Å². The molecule has 4 aromatic rings. The minimum atomic E-state index is -0.399. The molecule has 0 spiro atoms. The molecule has 0 N–H and O–H groups in total. The minimum absolute atomic E-state index is 0.301. The van der Waals surface area contributed by atoms with Crippen molar-refractivity contribution in [3.63, 3.8) is 0 Å². The largest absolute Gasteiger partial charge is 0.497 e. The predicted molar refractivity (Wildman–Crippen MR) is 139 cm³/mol. The monoisotopic (exact) mass is 468 g/mol. The number of methoxy groups -OCH3 is 3. The van der Waals surface area contributed by atoms with E-state index < -0.39 is 5.92 Å². The zero-order chi connectivity index (χ0) is 24.8. The number of benzene rings is 4. The fourth-order valence-corrected chi connectivity index (χ4v) is 3.74. The molecule has 5 heteroatoms.